The van der Waals surface area contributed by atoms with Crippen LogP contribution in [0.4, 0.5) is 0 Å². The number of primary amides is 1. The monoisotopic (exact) mass is 238 g/mol. The highest BCUT2D eigenvalue weighted by atomic mass is 16.7. The fraction of sp³-hybridized carbons (Fsp3) is 0.273. The molecule has 0 aromatic heterocycles. The fourth-order valence-electron chi connectivity index (χ4n) is 1.08. The average molecular weight is 238 g/mol. The van der Waals surface area contributed by atoms with Gasteiger partial charge in [-0.3, -0.25) is 14.4 Å². The summed E-state index contributed by atoms with van der Waals surface area (Å²) in [4.78, 5) is 27.0. The van der Waals surface area contributed by atoms with E-state index in [1.807, 2.05) is 0 Å². The molecule has 92 valence electrons. The van der Waals surface area contributed by atoms with Crippen LogP contribution in [-0.2, 0) is 9.63 Å². The quantitative estimate of drug-likeness (QED) is 0.742. The third-order valence-corrected chi connectivity index (χ3v) is 2.11. The van der Waals surface area contributed by atoms with Crippen molar-refractivity contribution in [3.63, 3.8) is 0 Å². The van der Waals surface area contributed by atoms with Crippen molar-refractivity contribution in [1.29, 1.82) is 0 Å². The van der Waals surface area contributed by atoms with E-state index in [1.165, 1.54) is 20.2 Å². The topological polar surface area (TPSA) is 81.9 Å². The van der Waals surface area contributed by atoms with Crippen molar-refractivity contribution >= 4 is 11.8 Å². The molecule has 2 N–H and O–H groups in total. The van der Waals surface area contributed by atoms with E-state index in [1.54, 1.807) is 18.2 Å². The molecule has 1 aromatic rings. The van der Waals surface area contributed by atoms with Crippen molar-refractivity contribution in [2.75, 3.05) is 20.8 Å². The molecule has 0 saturated carbocycles. The molecule has 1 aromatic carbocycles. The molecular formula is C11H14N2O4. The van der Waals surface area contributed by atoms with E-state index >= 15 is 0 Å². The maximum Gasteiger partial charge on any atom is 0.283 e. The van der Waals surface area contributed by atoms with E-state index < -0.39 is 5.91 Å². The fourth-order valence-corrected chi connectivity index (χ4v) is 1.08. The van der Waals surface area contributed by atoms with Crippen LogP contribution in [0.1, 0.15) is 10.4 Å². The summed E-state index contributed by atoms with van der Waals surface area (Å²) >= 11 is 0. The van der Waals surface area contributed by atoms with Crippen molar-refractivity contribution < 1.29 is 19.2 Å². The number of likely N-dealkylation sites (N-methyl/N-ethyl adjacent to an activating group) is 1. The van der Waals surface area contributed by atoms with Gasteiger partial charge in [0.15, 0.2) is 6.61 Å². The van der Waals surface area contributed by atoms with Crippen LogP contribution in [0.25, 0.3) is 0 Å². The first-order valence-corrected chi connectivity index (χ1v) is 4.88. The highest BCUT2D eigenvalue weighted by Crippen LogP contribution is 2.12. The molecule has 1 rings (SSSR count). The Bertz CT molecular complexity index is 420. The lowest BCUT2D eigenvalue weighted by Gasteiger charge is -2.14. The number of nitrogens with zero attached hydrogens (tertiary/aromatic N) is 1. The molecule has 0 radical (unpaired) electrons. The molecule has 0 atom stereocenters. The highest BCUT2D eigenvalue weighted by molar-refractivity contribution is 5.93. The van der Waals surface area contributed by atoms with Crippen molar-refractivity contribution in [2.45, 2.75) is 0 Å². The molecule has 0 saturated heterocycles. The number of benzene rings is 1. The summed E-state index contributed by atoms with van der Waals surface area (Å²) in [6.07, 6.45) is 0. The van der Waals surface area contributed by atoms with Gasteiger partial charge in [-0.2, -0.15) is 0 Å². The van der Waals surface area contributed by atoms with Gasteiger partial charge in [-0.1, -0.05) is 6.07 Å². The molecule has 6 heteroatoms. The predicted octanol–water partition coefficient (Wildman–Crippen LogP) is 0.184. The normalized spacial score (nSPS) is 9.76. The zero-order valence-electron chi connectivity index (χ0n) is 9.67. The molecule has 0 fully saturated rings. The predicted molar refractivity (Wildman–Crippen MR) is 60.2 cm³/mol. The standard InChI is InChI=1S/C11H14N2O4/c1-13(16-2)10(14)7-17-9-5-3-4-8(6-9)11(12)15/h3-6H,7H2,1-2H3,(H2,12,15). The van der Waals surface area contributed by atoms with E-state index in [0.29, 0.717) is 11.3 Å². The van der Waals surface area contributed by atoms with Gasteiger partial charge < -0.3 is 10.5 Å². The Morgan fingerprint density at radius 2 is 2.12 bits per heavy atom. The number of ether oxygens (including phenoxy) is 1. The molecule has 6 nitrogen and oxygen atoms in total. The number of nitrogens with two attached hydrogens (primary N) is 1. The smallest absolute Gasteiger partial charge is 0.283 e. The van der Waals surface area contributed by atoms with E-state index in [2.05, 4.69) is 0 Å². The zero-order valence-corrected chi connectivity index (χ0v) is 9.67. The molecule has 0 spiro atoms. The van der Waals surface area contributed by atoms with Crippen LogP contribution in [-0.4, -0.2) is 37.6 Å². The maximum atomic E-state index is 11.4. The summed E-state index contributed by atoms with van der Waals surface area (Å²) in [5, 5.41) is 1.05. The van der Waals surface area contributed by atoms with Gasteiger partial charge in [-0.15, -0.1) is 0 Å². The molecule has 17 heavy (non-hydrogen) atoms. The Morgan fingerprint density at radius 3 is 2.71 bits per heavy atom. The Balaban J connectivity index is 2.60. The highest BCUT2D eigenvalue weighted by Gasteiger charge is 2.09. The van der Waals surface area contributed by atoms with Crippen LogP contribution in [0.2, 0.25) is 0 Å². The number of hydrogen-bond donors (Lipinski definition) is 1. The SMILES string of the molecule is CON(C)C(=O)COc1cccc(C(N)=O)c1. The van der Waals surface area contributed by atoms with Crippen LogP contribution in [0.3, 0.4) is 0 Å². The summed E-state index contributed by atoms with van der Waals surface area (Å²) in [6, 6.07) is 6.30. The van der Waals surface area contributed by atoms with Gasteiger partial charge in [0.25, 0.3) is 5.91 Å². The molecule has 0 bridgehead atoms. The van der Waals surface area contributed by atoms with Gasteiger partial charge in [-0.05, 0) is 18.2 Å². The number of hydrogen-bond acceptors (Lipinski definition) is 4. The summed E-state index contributed by atoms with van der Waals surface area (Å²) in [5.74, 6) is -0.480. The maximum absolute atomic E-state index is 11.4. The first kappa shape index (κ1) is 13.0. The number of rotatable bonds is 5. The van der Waals surface area contributed by atoms with Crippen LogP contribution < -0.4 is 10.5 Å². The van der Waals surface area contributed by atoms with E-state index in [9.17, 15) is 9.59 Å². The summed E-state index contributed by atoms with van der Waals surface area (Å²) in [5.41, 5.74) is 5.45. The second kappa shape index (κ2) is 5.86. The lowest BCUT2D eigenvalue weighted by molar-refractivity contribution is -0.170. The summed E-state index contributed by atoms with van der Waals surface area (Å²) in [6.45, 7) is -0.174. The van der Waals surface area contributed by atoms with Crippen LogP contribution in [0, 0.1) is 0 Å². The zero-order chi connectivity index (χ0) is 12.8. The van der Waals surface area contributed by atoms with Crippen molar-refractivity contribution in [1.82, 2.24) is 5.06 Å². The molecule has 0 unspecified atom stereocenters. The van der Waals surface area contributed by atoms with Gasteiger partial charge in [0, 0.05) is 12.6 Å². The first-order valence-electron chi connectivity index (χ1n) is 4.88. The summed E-state index contributed by atoms with van der Waals surface area (Å²) in [7, 11) is 2.86. The van der Waals surface area contributed by atoms with Crippen LogP contribution in [0.5, 0.6) is 5.75 Å². The number of hydroxylamine groups is 2. The molecule has 2 amide bonds. The number of carbonyl (C=O) groups is 2. The summed E-state index contributed by atoms with van der Waals surface area (Å²) < 4.78 is 5.20. The van der Waals surface area contributed by atoms with Crippen molar-refractivity contribution in [3.05, 3.63) is 29.8 Å². The first-order chi connectivity index (χ1) is 8.04. The van der Waals surface area contributed by atoms with Gasteiger partial charge in [0.1, 0.15) is 5.75 Å². The minimum atomic E-state index is -0.546. The third-order valence-electron chi connectivity index (χ3n) is 2.11. The second-order valence-electron chi connectivity index (χ2n) is 3.25. The minimum absolute atomic E-state index is 0.174. The molecule has 0 aliphatic rings. The van der Waals surface area contributed by atoms with Crippen LogP contribution >= 0.6 is 0 Å². The number of carbonyl (C=O) groups excluding carboxylic acids is 2. The molecule has 0 heterocycles. The Morgan fingerprint density at radius 1 is 1.41 bits per heavy atom. The Kier molecular flexibility index (Phi) is 4.47. The largest absolute Gasteiger partial charge is 0.484 e. The average Bonchev–Trinajstić information content (AvgIpc) is 2.35. The second-order valence-corrected chi connectivity index (χ2v) is 3.25. The van der Waals surface area contributed by atoms with E-state index in [-0.39, 0.29) is 12.5 Å². The van der Waals surface area contributed by atoms with Crippen molar-refractivity contribution in [3.8, 4) is 5.75 Å². The van der Waals surface area contributed by atoms with Gasteiger partial charge in [-0.25, -0.2) is 5.06 Å². The molecular weight excluding hydrogens is 224 g/mol. The lowest BCUT2D eigenvalue weighted by atomic mass is 10.2. The van der Waals surface area contributed by atoms with Crippen LogP contribution in [0.15, 0.2) is 24.3 Å². The van der Waals surface area contributed by atoms with Gasteiger partial charge in [0.2, 0.25) is 5.91 Å². The Labute approximate surface area is 98.9 Å². The number of amides is 2. The lowest BCUT2D eigenvalue weighted by Crippen LogP contribution is -2.30. The molecule has 0 aliphatic heterocycles. The molecule has 0 aliphatic carbocycles. The minimum Gasteiger partial charge on any atom is -0.484 e. The van der Waals surface area contributed by atoms with Gasteiger partial charge >= 0.3 is 0 Å². The Hall–Kier alpha value is -2.08. The van der Waals surface area contributed by atoms with Crippen molar-refractivity contribution in [2.24, 2.45) is 5.73 Å². The van der Waals surface area contributed by atoms with E-state index in [4.69, 9.17) is 15.3 Å². The van der Waals surface area contributed by atoms with Gasteiger partial charge in [0.05, 0.1) is 7.11 Å². The third kappa shape index (κ3) is 3.76. The van der Waals surface area contributed by atoms with E-state index in [0.717, 1.165) is 5.06 Å².